The van der Waals surface area contributed by atoms with E-state index in [2.05, 4.69) is 19.7 Å². The summed E-state index contributed by atoms with van der Waals surface area (Å²) in [5.41, 5.74) is 2.24. The van der Waals surface area contributed by atoms with Crippen molar-refractivity contribution < 1.29 is 15.0 Å². The number of allylic oxidation sites excluding steroid dienone is 1. The van der Waals surface area contributed by atoms with Crippen molar-refractivity contribution in [2.24, 2.45) is 17.8 Å². The van der Waals surface area contributed by atoms with Gasteiger partial charge in [-0.05, 0) is 49.0 Å². The fourth-order valence-electron chi connectivity index (χ4n) is 3.29. The van der Waals surface area contributed by atoms with Gasteiger partial charge in [-0.1, -0.05) is 32.7 Å². The number of hydrogen-bond acceptors (Lipinski definition) is 2. The van der Waals surface area contributed by atoms with E-state index < -0.39 is 12.1 Å². The molecule has 0 spiro atoms. The lowest BCUT2D eigenvalue weighted by molar-refractivity contribution is -0.133. The fraction of sp³-hybridized carbons (Fsp3) is 0.562. The van der Waals surface area contributed by atoms with Crippen molar-refractivity contribution in [2.45, 2.75) is 39.2 Å². The van der Waals surface area contributed by atoms with Crippen molar-refractivity contribution in [1.82, 2.24) is 0 Å². The van der Waals surface area contributed by atoms with Crippen LogP contribution in [0.5, 0.6) is 0 Å². The Morgan fingerprint density at radius 2 is 1.84 bits per heavy atom. The van der Waals surface area contributed by atoms with Crippen LogP contribution in [0.4, 0.5) is 0 Å². The van der Waals surface area contributed by atoms with Crippen LogP contribution in [-0.2, 0) is 4.79 Å². The second kappa shape index (κ2) is 5.74. The van der Waals surface area contributed by atoms with Crippen LogP contribution in [0, 0.1) is 17.8 Å². The first-order valence-corrected chi connectivity index (χ1v) is 6.38. The van der Waals surface area contributed by atoms with E-state index >= 15 is 0 Å². The Bertz CT molecular complexity index is 422. The molecule has 0 bridgehead atoms. The molecule has 0 saturated heterocycles. The monoisotopic (exact) mass is 264 g/mol. The third-order valence-electron chi connectivity index (χ3n) is 4.51. The summed E-state index contributed by atoms with van der Waals surface area (Å²) >= 11 is 0. The van der Waals surface area contributed by atoms with Crippen LogP contribution >= 0.6 is 0 Å². The topological polar surface area (TPSA) is 57.5 Å². The second-order valence-corrected chi connectivity index (χ2v) is 5.50. The van der Waals surface area contributed by atoms with Gasteiger partial charge in [-0.15, -0.1) is 0 Å². The van der Waals surface area contributed by atoms with E-state index in [0.29, 0.717) is 6.42 Å². The average molecular weight is 264 g/mol. The summed E-state index contributed by atoms with van der Waals surface area (Å²) in [6.07, 6.45) is 2.56. The number of aliphatic hydroxyl groups excluding tert-OH is 1. The van der Waals surface area contributed by atoms with Gasteiger partial charge in [0.05, 0.1) is 6.10 Å². The third-order valence-corrected chi connectivity index (χ3v) is 4.51. The first-order chi connectivity index (χ1) is 8.41. The highest BCUT2D eigenvalue weighted by atomic mass is 16.4. The minimum Gasteiger partial charge on any atom is -0.478 e. The highest BCUT2D eigenvalue weighted by Crippen LogP contribution is 2.48. The van der Waals surface area contributed by atoms with Crippen molar-refractivity contribution in [1.29, 1.82) is 0 Å². The van der Waals surface area contributed by atoms with E-state index in [1.807, 2.05) is 0 Å². The number of rotatable bonds is 2. The molecule has 0 radical (unpaired) electrons. The summed E-state index contributed by atoms with van der Waals surface area (Å²) in [5, 5.41) is 18.9. The summed E-state index contributed by atoms with van der Waals surface area (Å²) < 4.78 is 0. The Morgan fingerprint density at radius 3 is 2.42 bits per heavy atom. The van der Waals surface area contributed by atoms with Crippen LogP contribution in [-0.4, -0.2) is 22.3 Å². The van der Waals surface area contributed by atoms with Crippen molar-refractivity contribution in [2.75, 3.05) is 0 Å². The Labute approximate surface area is 115 Å². The second-order valence-electron chi connectivity index (χ2n) is 5.50. The maximum absolute atomic E-state index is 11.0. The molecule has 1 unspecified atom stereocenters. The molecule has 0 aliphatic heterocycles. The first kappa shape index (κ1) is 15.7. The highest BCUT2D eigenvalue weighted by Gasteiger charge is 2.41. The Balaban J connectivity index is 0.00000180. The van der Waals surface area contributed by atoms with Crippen molar-refractivity contribution in [3.05, 3.63) is 36.5 Å². The van der Waals surface area contributed by atoms with E-state index in [4.69, 9.17) is 5.11 Å². The number of hydrogen-bond donors (Lipinski definition) is 2. The molecule has 0 amide bonds. The van der Waals surface area contributed by atoms with Crippen LogP contribution in [0.25, 0.3) is 0 Å². The van der Waals surface area contributed by atoms with E-state index in [0.717, 1.165) is 30.4 Å². The molecule has 2 saturated carbocycles. The fourth-order valence-corrected chi connectivity index (χ4v) is 3.29. The Morgan fingerprint density at radius 1 is 1.21 bits per heavy atom. The van der Waals surface area contributed by atoms with Gasteiger partial charge in [0, 0.05) is 5.57 Å². The summed E-state index contributed by atoms with van der Waals surface area (Å²) in [7, 11) is 0. The molecule has 0 aromatic heterocycles. The molecule has 19 heavy (non-hydrogen) atoms. The molecule has 0 aromatic rings. The third kappa shape index (κ3) is 2.81. The maximum Gasteiger partial charge on any atom is 0.331 e. The summed E-state index contributed by atoms with van der Waals surface area (Å²) in [6, 6.07) is 0. The number of carboxylic acids is 1. The molecular formula is C16H24O3. The molecule has 0 heterocycles. The van der Waals surface area contributed by atoms with Gasteiger partial charge in [0.1, 0.15) is 0 Å². The number of aliphatic carboxylic acids is 1. The molecule has 2 N–H and O–H groups in total. The van der Waals surface area contributed by atoms with Gasteiger partial charge in [0.2, 0.25) is 0 Å². The summed E-state index contributed by atoms with van der Waals surface area (Å²) in [5.74, 6) is -0.528. The van der Waals surface area contributed by atoms with Crippen LogP contribution < -0.4 is 0 Å². The molecular weight excluding hydrogens is 240 g/mol. The van der Waals surface area contributed by atoms with Crippen LogP contribution in [0.3, 0.4) is 0 Å². The largest absolute Gasteiger partial charge is 0.478 e. The molecule has 106 valence electrons. The Hall–Kier alpha value is -1.35. The lowest BCUT2D eigenvalue weighted by atomic mass is 9.83. The maximum atomic E-state index is 11.0. The van der Waals surface area contributed by atoms with Crippen molar-refractivity contribution in [3.63, 3.8) is 0 Å². The van der Waals surface area contributed by atoms with Gasteiger partial charge in [0.15, 0.2) is 0 Å². The predicted molar refractivity (Wildman–Crippen MR) is 76.7 cm³/mol. The number of carbonyl (C=O) groups is 1. The molecule has 3 heteroatoms. The Kier molecular flexibility index (Phi) is 4.75. The summed E-state index contributed by atoms with van der Waals surface area (Å²) in [6.45, 7) is 11.7. The zero-order valence-electron chi connectivity index (χ0n) is 10.6. The standard InChI is InChI=1S/C15H20O3.CH4/c1-8-4-5-11(9(2)15(17)18)6-13-10(3)14(16)7-12(8)13;/h11-14,16H,1-7H2,(H,17,18);1H4/t11-,12+,13?,14-;/m1./s1. The van der Waals surface area contributed by atoms with Gasteiger partial charge in [-0.25, -0.2) is 4.79 Å². The minimum atomic E-state index is -0.923. The van der Waals surface area contributed by atoms with Gasteiger partial charge < -0.3 is 10.2 Å². The van der Waals surface area contributed by atoms with E-state index in [1.54, 1.807) is 0 Å². The molecule has 3 nitrogen and oxygen atoms in total. The smallest absolute Gasteiger partial charge is 0.331 e. The van der Waals surface area contributed by atoms with Crippen molar-refractivity contribution >= 4 is 5.97 Å². The number of aliphatic hydroxyl groups is 1. The van der Waals surface area contributed by atoms with Crippen LogP contribution in [0.2, 0.25) is 0 Å². The predicted octanol–water partition coefficient (Wildman–Crippen LogP) is 3.17. The van der Waals surface area contributed by atoms with Crippen LogP contribution in [0.15, 0.2) is 36.5 Å². The van der Waals surface area contributed by atoms with E-state index in [1.165, 1.54) is 0 Å². The number of fused-ring (bicyclic) bond motifs is 1. The van der Waals surface area contributed by atoms with Gasteiger partial charge >= 0.3 is 5.97 Å². The SMILES string of the molecule is C.C=C(C(=O)O)[C@@H]1CCC(=C)[C@@H]2C[C@@H](O)C(=C)C2C1. The molecule has 2 rings (SSSR count). The molecule has 4 atom stereocenters. The molecule has 2 aliphatic rings. The molecule has 2 fully saturated rings. The molecule has 0 aromatic carbocycles. The lowest BCUT2D eigenvalue weighted by Gasteiger charge is -2.21. The lowest BCUT2D eigenvalue weighted by Crippen LogP contribution is -2.16. The average Bonchev–Trinajstić information content (AvgIpc) is 2.50. The highest BCUT2D eigenvalue weighted by molar-refractivity contribution is 5.86. The van der Waals surface area contributed by atoms with Gasteiger partial charge in [0.25, 0.3) is 0 Å². The summed E-state index contributed by atoms with van der Waals surface area (Å²) in [4.78, 5) is 11.0. The normalized spacial score (nSPS) is 34.2. The van der Waals surface area contributed by atoms with Gasteiger partial charge in [-0.3, -0.25) is 0 Å². The zero-order chi connectivity index (χ0) is 13.4. The molecule has 2 aliphatic carbocycles. The zero-order valence-corrected chi connectivity index (χ0v) is 10.6. The van der Waals surface area contributed by atoms with E-state index in [-0.39, 0.29) is 30.8 Å². The minimum absolute atomic E-state index is 0. The van der Waals surface area contributed by atoms with Crippen LogP contribution in [0.1, 0.15) is 33.1 Å². The van der Waals surface area contributed by atoms with Gasteiger partial charge in [-0.2, -0.15) is 0 Å². The van der Waals surface area contributed by atoms with E-state index in [9.17, 15) is 9.90 Å². The quantitative estimate of drug-likeness (QED) is 0.595. The first-order valence-electron chi connectivity index (χ1n) is 6.38. The number of carboxylic acid groups (broad SMARTS) is 1. The van der Waals surface area contributed by atoms with Crippen molar-refractivity contribution in [3.8, 4) is 0 Å².